The average molecular weight is 435 g/mol. The summed E-state index contributed by atoms with van der Waals surface area (Å²) in [6.07, 6.45) is 0.663. The van der Waals surface area contributed by atoms with E-state index in [9.17, 15) is 9.18 Å². The van der Waals surface area contributed by atoms with E-state index in [1.165, 1.54) is 12.1 Å². The third-order valence-electron chi connectivity index (χ3n) is 5.74. The van der Waals surface area contributed by atoms with E-state index >= 15 is 0 Å². The van der Waals surface area contributed by atoms with E-state index in [-0.39, 0.29) is 11.7 Å². The molecule has 166 valence electrons. The number of halogens is 1. The number of nitrogens with zero attached hydrogens (tertiary/aromatic N) is 1. The van der Waals surface area contributed by atoms with Crippen molar-refractivity contribution in [2.45, 2.75) is 19.4 Å². The van der Waals surface area contributed by atoms with Crippen LogP contribution in [0.25, 0.3) is 0 Å². The van der Waals surface area contributed by atoms with E-state index in [0.29, 0.717) is 42.4 Å². The van der Waals surface area contributed by atoms with Crippen LogP contribution in [0.1, 0.15) is 40.0 Å². The molecule has 1 heterocycles. The van der Waals surface area contributed by atoms with Gasteiger partial charge in [-0.05, 0) is 66.4 Å². The van der Waals surface area contributed by atoms with Crippen LogP contribution in [0.5, 0.6) is 17.2 Å². The molecule has 0 aromatic heterocycles. The number of hydrogen-bond acceptors (Lipinski definition) is 4. The van der Waals surface area contributed by atoms with Crippen LogP contribution in [-0.4, -0.2) is 38.2 Å². The zero-order valence-electron chi connectivity index (χ0n) is 18.4. The highest BCUT2D eigenvalue weighted by atomic mass is 19.1. The van der Waals surface area contributed by atoms with Crippen LogP contribution in [0, 0.1) is 5.82 Å². The molecule has 0 aliphatic carbocycles. The van der Waals surface area contributed by atoms with Crippen molar-refractivity contribution in [3.8, 4) is 17.2 Å². The lowest BCUT2D eigenvalue weighted by Gasteiger charge is -2.38. The molecule has 0 fully saturated rings. The van der Waals surface area contributed by atoms with Gasteiger partial charge in [0, 0.05) is 6.54 Å². The quantitative estimate of drug-likeness (QED) is 0.545. The monoisotopic (exact) mass is 435 g/mol. The van der Waals surface area contributed by atoms with Gasteiger partial charge in [0.2, 0.25) is 0 Å². The lowest BCUT2D eigenvalue weighted by molar-refractivity contribution is 0.0690. The largest absolute Gasteiger partial charge is 0.493 e. The molecular weight excluding hydrogens is 409 g/mol. The normalized spacial score (nSPS) is 15.1. The van der Waals surface area contributed by atoms with Gasteiger partial charge in [0.25, 0.3) is 5.91 Å². The molecule has 0 spiro atoms. The Bertz CT molecular complexity index is 1110. The first-order chi connectivity index (χ1) is 15.6. The number of amides is 1. The lowest BCUT2D eigenvalue weighted by atomic mass is 9.87. The van der Waals surface area contributed by atoms with Gasteiger partial charge in [0.05, 0.1) is 32.4 Å². The number of hydrogen-bond donors (Lipinski definition) is 0. The Kier molecular flexibility index (Phi) is 6.30. The molecule has 4 rings (SSSR count). The second-order valence-corrected chi connectivity index (χ2v) is 7.54. The van der Waals surface area contributed by atoms with E-state index in [2.05, 4.69) is 0 Å². The Morgan fingerprint density at radius 3 is 2.38 bits per heavy atom. The summed E-state index contributed by atoms with van der Waals surface area (Å²) in [5.74, 6) is 1.32. The molecule has 6 heteroatoms. The van der Waals surface area contributed by atoms with Crippen LogP contribution >= 0.6 is 0 Å². The molecular formula is C26H26FNO4. The van der Waals surface area contributed by atoms with E-state index < -0.39 is 6.04 Å². The average Bonchev–Trinajstić information content (AvgIpc) is 2.83. The molecule has 1 atom stereocenters. The maximum atomic E-state index is 13.7. The molecule has 1 aliphatic heterocycles. The molecule has 3 aromatic carbocycles. The second kappa shape index (κ2) is 9.30. The third-order valence-corrected chi connectivity index (χ3v) is 5.74. The van der Waals surface area contributed by atoms with Crippen LogP contribution in [0.15, 0.2) is 60.7 Å². The predicted molar refractivity (Wildman–Crippen MR) is 120 cm³/mol. The van der Waals surface area contributed by atoms with Crippen molar-refractivity contribution in [2.24, 2.45) is 0 Å². The summed E-state index contributed by atoms with van der Waals surface area (Å²) in [6, 6.07) is 17.0. The summed E-state index contributed by atoms with van der Waals surface area (Å²) < 4.78 is 30.4. The Balaban J connectivity index is 1.84. The summed E-state index contributed by atoms with van der Waals surface area (Å²) in [5, 5.41) is 0. The number of ether oxygens (including phenoxy) is 3. The Labute approximate surface area is 187 Å². The number of benzene rings is 3. The van der Waals surface area contributed by atoms with E-state index in [1.54, 1.807) is 38.5 Å². The number of carbonyl (C=O) groups excluding carboxylic acids is 1. The van der Waals surface area contributed by atoms with Crippen molar-refractivity contribution in [1.29, 1.82) is 0 Å². The molecule has 1 amide bonds. The van der Waals surface area contributed by atoms with Crippen LogP contribution < -0.4 is 14.2 Å². The fourth-order valence-corrected chi connectivity index (χ4v) is 4.25. The maximum absolute atomic E-state index is 13.7. The van der Waals surface area contributed by atoms with Crippen LogP contribution in [-0.2, 0) is 6.42 Å². The van der Waals surface area contributed by atoms with Gasteiger partial charge in [0.15, 0.2) is 11.5 Å². The van der Waals surface area contributed by atoms with Crippen LogP contribution in [0.2, 0.25) is 0 Å². The number of rotatable bonds is 6. The highest BCUT2D eigenvalue weighted by Gasteiger charge is 2.34. The Morgan fingerprint density at radius 1 is 1.00 bits per heavy atom. The topological polar surface area (TPSA) is 48.0 Å². The van der Waals surface area contributed by atoms with Crippen LogP contribution in [0.4, 0.5) is 4.39 Å². The van der Waals surface area contributed by atoms with E-state index in [4.69, 9.17) is 14.2 Å². The van der Waals surface area contributed by atoms with Crippen molar-refractivity contribution >= 4 is 5.91 Å². The Hall–Kier alpha value is -3.54. The molecule has 0 saturated heterocycles. The molecule has 3 aromatic rings. The summed E-state index contributed by atoms with van der Waals surface area (Å²) in [7, 11) is 3.19. The molecule has 0 saturated carbocycles. The van der Waals surface area contributed by atoms with Crippen molar-refractivity contribution in [3.05, 3.63) is 88.7 Å². The van der Waals surface area contributed by atoms with Crippen molar-refractivity contribution in [2.75, 3.05) is 27.4 Å². The van der Waals surface area contributed by atoms with Gasteiger partial charge in [-0.1, -0.05) is 24.3 Å². The Morgan fingerprint density at radius 2 is 1.69 bits per heavy atom. The first kappa shape index (κ1) is 21.7. The van der Waals surface area contributed by atoms with Crippen molar-refractivity contribution in [1.82, 2.24) is 4.90 Å². The molecule has 0 bridgehead atoms. The van der Waals surface area contributed by atoms with Gasteiger partial charge in [-0.3, -0.25) is 4.79 Å². The highest BCUT2D eigenvalue weighted by molar-refractivity contribution is 5.97. The molecule has 0 radical (unpaired) electrons. The maximum Gasteiger partial charge on any atom is 0.258 e. The summed E-state index contributed by atoms with van der Waals surface area (Å²) in [5.41, 5.74) is 3.33. The number of methoxy groups -OCH3 is 2. The molecule has 0 unspecified atom stereocenters. The zero-order valence-corrected chi connectivity index (χ0v) is 18.4. The predicted octanol–water partition coefficient (Wildman–Crippen LogP) is 5.03. The number of fused-ring (bicyclic) bond motifs is 1. The molecule has 5 nitrogen and oxygen atoms in total. The molecule has 1 aliphatic rings. The van der Waals surface area contributed by atoms with Gasteiger partial charge in [0.1, 0.15) is 11.6 Å². The minimum Gasteiger partial charge on any atom is -0.493 e. The van der Waals surface area contributed by atoms with E-state index in [1.807, 2.05) is 36.1 Å². The zero-order chi connectivity index (χ0) is 22.7. The van der Waals surface area contributed by atoms with Gasteiger partial charge < -0.3 is 19.1 Å². The van der Waals surface area contributed by atoms with Gasteiger partial charge >= 0.3 is 0 Å². The van der Waals surface area contributed by atoms with Gasteiger partial charge in [-0.25, -0.2) is 4.39 Å². The summed E-state index contributed by atoms with van der Waals surface area (Å²) in [6.45, 7) is 2.86. The van der Waals surface area contributed by atoms with Gasteiger partial charge in [-0.2, -0.15) is 0 Å². The minimum atomic E-state index is -0.402. The molecule has 0 N–H and O–H groups in total. The van der Waals surface area contributed by atoms with Gasteiger partial charge in [-0.15, -0.1) is 0 Å². The van der Waals surface area contributed by atoms with Crippen LogP contribution in [0.3, 0.4) is 0 Å². The first-order valence-electron chi connectivity index (χ1n) is 10.6. The minimum absolute atomic E-state index is 0.135. The highest BCUT2D eigenvalue weighted by Crippen LogP contribution is 2.42. The fraction of sp³-hybridized carbons (Fsp3) is 0.269. The van der Waals surface area contributed by atoms with Crippen molar-refractivity contribution in [3.63, 3.8) is 0 Å². The number of para-hydroxylation sites is 1. The lowest BCUT2D eigenvalue weighted by Crippen LogP contribution is -2.40. The van der Waals surface area contributed by atoms with E-state index in [0.717, 1.165) is 16.7 Å². The molecule has 32 heavy (non-hydrogen) atoms. The smallest absolute Gasteiger partial charge is 0.258 e. The third kappa shape index (κ3) is 4.00. The summed E-state index contributed by atoms with van der Waals surface area (Å²) in [4.78, 5) is 15.6. The summed E-state index contributed by atoms with van der Waals surface area (Å²) >= 11 is 0. The number of carbonyl (C=O) groups is 1. The first-order valence-corrected chi connectivity index (χ1v) is 10.6. The SMILES string of the molecule is CCOc1ccccc1C(=O)N1CCc2cc(OC)c(OC)cc2[C@@H]1c1ccc(F)cc1. The fourth-order valence-electron chi connectivity index (χ4n) is 4.25. The second-order valence-electron chi connectivity index (χ2n) is 7.54. The van der Waals surface area contributed by atoms with Crippen molar-refractivity contribution < 1.29 is 23.4 Å². The standard InChI is InChI=1S/C26H26FNO4/c1-4-32-22-8-6-5-7-20(22)26(29)28-14-13-18-15-23(30-2)24(31-3)16-21(18)25(28)17-9-11-19(27)12-10-17/h5-12,15-16,25H,4,13-14H2,1-3H3/t25-/m0/s1.